The van der Waals surface area contributed by atoms with E-state index in [9.17, 15) is 13.3 Å². The van der Waals surface area contributed by atoms with Crippen LogP contribution in [0.5, 0.6) is 0 Å². The summed E-state index contributed by atoms with van der Waals surface area (Å²) in [6.07, 6.45) is 3.33. The maximum atomic E-state index is 15.2. The van der Waals surface area contributed by atoms with Gasteiger partial charge in [-0.1, -0.05) is 0 Å². The van der Waals surface area contributed by atoms with Crippen molar-refractivity contribution < 1.29 is 17.7 Å². The number of pyridine rings is 3. The van der Waals surface area contributed by atoms with E-state index in [0.717, 1.165) is 24.5 Å². The van der Waals surface area contributed by atoms with Gasteiger partial charge in [0.05, 0.1) is 22.7 Å². The fraction of sp³-hybridized carbons (Fsp3) is 0.296. The van der Waals surface area contributed by atoms with Crippen LogP contribution in [0.15, 0.2) is 42.6 Å². The number of rotatable bonds is 6. The molecule has 1 N–H and O–H groups in total. The molecule has 0 spiro atoms. The predicted octanol–water partition coefficient (Wildman–Crippen LogP) is 6.54. The lowest BCUT2D eigenvalue weighted by molar-refractivity contribution is 0.570. The monoisotopic (exact) mass is 510 g/mol. The van der Waals surface area contributed by atoms with Crippen molar-refractivity contribution in [1.29, 1.82) is 0 Å². The van der Waals surface area contributed by atoms with Gasteiger partial charge < -0.3 is 9.88 Å². The summed E-state index contributed by atoms with van der Waals surface area (Å²) in [7, 11) is -2.56. The maximum absolute atomic E-state index is 15.2. The molecule has 0 radical (unpaired) electrons. The van der Waals surface area contributed by atoms with Gasteiger partial charge in [-0.3, -0.25) is 9.97 Å². The van der Waals surface area contributed by atoms with E-state index < -0.39 is 24.6 Å². The van der Waals surface area contributed by atoms with Crippen LogP contribution in [-0.4, -0.2) is 28.3 Å². The Labute approximate surface area is 207 Å². The molecule has 1 atom stereocenters. The van der Waals surface area contributed by atoms with Crippen molar-refractivity contribution in [2.75, 3.05) is 18.6 Å². The molecule has 0 bridgehead atoms. The molecule has 4 aromatic rings. The molecule has 1 aliphatic carbocycles. The van der Waals surface area contributed by atoms with Crippen LogP contribution >= 0.6 is 7.14 Å². The van der Waals surface area contributed by atoms with E-state index in [2.05, 4.69) is 20.3 Å². The van der Waals surface area contributed by atoms with E-state index in [1.54, 1.807) is 25.5 Å². The zero-order chi connectivity index (χ0) is 25.8. The van der Waals surface area contributed by atoms with E-state index in [4.69, 9.17) is 0 Å². The Morgan fingerprint density at radius 3 is 2.28 bits per heavy atom. The van der Waals surface area contributed by atoms with Crippen LogP contribution in [0.4, 0.5) is 18.9 Å². The lowest BCUT2D eigenvalue weighted by Crippen LogP contribution is -2.16. The number of aryl methyl sites for hydroxylation is 1. The zero-order valence-electron chi connectivity index (χ0n) is 20.4. The third-order valence-corrected chi connectivity index (χ3v) is 7.98. The molecule has 3 heterocycles. The Hall–Kier alpha value is -3.25. The number of anilines is 1. The number of fused-ring (bicyclic) bond motifs is 1. The van der Waals surface area contributed by atoms with E-state index in [0.29, 0.717) is 39.0 Å². The highest BCUT2D eigenvalue weighted by atomic mass is 31.2. The van der Waals surface area contributed by atoms with Crippen LogP contribution in [0, 0.1) is 37.2 Å². The van der Waals surface area contributed by atoms with Crippen molar-refractivity contribution in [1.82, 2.24) is 15.0 Å². The van der Waals surface area contributed by atoms with Crippen molar-refractivity contribution >= 4 is 29.3 Å². The van der Waals surface area contributed by atoms with Gasteiger partial charge in [0.25, 0.3) is 0 Å². The molecule has 1 aromatic carbocycles. The SMILES string of the molecule is Cc1nc2cc(F)c(-c3ccc(P(C)(C)=O)nc3)nc2c(N[C@@H](c2cc(F)cc(F)c2)C2CC2)c1C. The lowest BCUT2D eigenvalue weighted by Gasteiger charge is -2.23. The second-order valence-corrected chi connectivity index (χ2v) is 13.0. The van der Waals surface area contributed by atoms with Gasteiger partial charge in [-0.15, -0.1) is 0 Å². The Kier molecular flexibility index (Phi) is 6.11. The molecule has 5 nitrogen and oxygen atoms in total. The van der Waals surface area contributed by atoms with Gasteiger partial charge in [-0.05, 0) is 81.3 Å². The molecule has 5 rings (SSSR count). The average Bonchev–Trinajstić information content (AvgIpc) is 3.63. The van der Waals surface area contributed by atoms with Gasteiger partial charge in [0.1, 0.15) is 30.0 Å². The van der Waals surface area contributed by atoms with Crippen LogP contribution in [-0.2, 0) is 4.57 Å². The van der Waals surface area contributed by atoms with Gasteiger partial charge in [-0.25, -0.2) is 18.2 Å². The van der Waals surface area contributed by atoms with E-state index in [-0.39, 0.29) is 17.7 Å². The molecule has 186 valence electrons. The Morgan fingerprint density at radius 2 is 1.69 bits per heavy atom. The smallest absolute Gasteiger partial charge is 0.151 e. The highest BCUT2D eigenvalue weighted by molar-refractivity contribution is 7.69. The first-order valence-electron chi connectivity index (χ1n) is 11.7. The highest BCUT2D eigenvalue weighted by Gasteiger charge is 2.34. The predicted molar refractivity (Wildman–Crippen MR) is 137 cm³/mol. The topological polar surface area (TPSA) is 67.8 Å². The molecular formula is C27H26F3N4OP. The molecule has 1 saturated carbocycles. The summed E-state index contributed by atoms with van der Waals surface area (Å²) < 4.78 is 55.6. The van der Waals surface area contributed by atoms with Crippen LogP contribution in [0.1, 0.15) is 35.7 Å². The molecule has 1 fully saturated rings. The minimum atomic E-state index is -2.56. The quantitative estimate of drug-likeness (QED) is 0.299. The third kappa shape index (κ3) is 4.74. The van der Waals surface area contributed by atoms with E-state index in [1.165, 1.54) is 24.4 Å². The summed E-state index contributed by atoms with van der Waals surface area (Å²) in [6, 6.07) is 7.83. The molecule has 0 amide bonds. The van der Waals surface area contributed by atoms with E-state index in [1.807, 2.05) is 13.8 Å². The summed E-state index contributed by atoms with van der Waals surface area (Å²) in [5, 5.41) is 3.48. The van der Waals surface area contributed by atoms with Crippen LogP contribution < -0.4 is 10.8 Å². The van der Waals surface area contributed by atoms with Gasteiger partial charge in [0.2, 0.25) is 0 Å². The van der Waals surface area contributed by atoms with Crippen molar-refractivity contribution in [2.45, 2.75) is 32.7 Å². The minimum Gasteiger partial charge on any atom is -0.376 e. The Morgan fingerprint density at radius 1 is 1.00 bits per heavy atom. The second kappa shape index (κ2) is 9.00. The molecule has 0 aliphatic heterocycles. The second-order valence-electron chi connectivity index (χ2n) is 9.80. The fourth-order valence-electron chi connectivity index (χ4n) is 4.41. The van der Waals surface area contributed by atoms with Crippen molar-refractivity contribution in [2.24, 2.45) is 5.92 Å². The van der Waals surface area contributed by atoms with Crippen LogP contribution in [0.2, 0.25) is 0 Å². The first-order chi connectivity index (χ1) is 17.0. The van der Waals surface area contributed by atoms with Crippen molar-refractivity contribution in [3.05, 3.63) is 76.9 Å². The largest absolute Gasteiger partial charge is 0.376 e. The zero-order valence-corrected chi connectivity index (χ0v) is 21.3. The molecule has 36 heavy (non-hydrogen) atoms. The number of hydrogen-bond donors (Lipinski definition) is 1. The normalized spacial score (nSPS) is 14.8. The maximum Gasteiger partial charge on any atom is 0.151 e. The Bertz CT molecular complexity index is 1510. The summed E-state index contributed by atoms with van der Waals surface area (Å²) in [5.74, 6) is -1.61. The standard InChI is InChI=1S/C27H26F3N4OP/c1-14-15(2)32-22-12-21(30)26(17-7-8-23(31-13-17)36(3,4)35)34-27(22)24(14)33-25(16-5-6-16)18-9-19(28)11-20(29)10-18/h7-13,16,25H,5-6H2,1-4H3,(H,32,33)/t25-/m1/s1. The number of benzene rings is 1. The van der Waals surface area contributed by atoms with Gasteiger partial charge in [0, 0.05) is 29.6 Å². The number of halogens is 3. The number of hydrogen-bond acceptors (Lipinski definition) is 5. The average molecular weight is 511 g/mol. The lowest BCUT2D eigenvalue weighted by atomic mass is 10.00. The Balaban J connectivity index is 1.64. The summed E-state index contributed by atoms with van der Waals surface area (Å²) in [4.78, 5) is 13.4. The summed E-state index contributed by atoms with van der Waals surface area (Å²) >= 11 is 0. The molecule has 0 unspecified atom stereocenters. The third-order valence-electron chi connectivity index (χ3n) is 6.61. The van der Waals surface area contributed by atoms with Crippen LogP contribution in [0.3, 0.4) is 0 Å². The number of nitrogens with zero attached hydrogens (tertiary/aromatic N) is 3. The molecule has 3 aromatic heterocycles. The van der Waals surface area contributed by atoms with Crippen molar-refractivity contribution in [3.8, 4) is 11.3 Å². The van der Waals surface area contributed by atoms with E-state index >= 15 is 4.39 Å². The van der Waals surface area contributed by atoms with Gasteiger partial charge in [-0.2, -0.15) is 0 Å². The molecular weight excluding hydrogens is 484 g/mol. The number of aromatic nitrogens is 3. The summed E-state index contributed by atoms with van der Waals surface area (Å²) in [5.41, 5.74) is 4.51. The first kappa shape index (κ1) is 24.4. The molecule has 0 saturated heterocycles. The van der Waals surface area contributed by atoms with Gasteiger partial charge >= 0.3 is 0 Å². The highest BCUT2D eigenvalue weighted by Crippen LogP contribution is 2.45. The first-order valence-corrected chi connectivity index (χ1v) is 14.3. The van der Waals surface area contributed by atoms with Gasteiger partial charge in [0.15, 0.2) is 5.82 Å². The number of nitrogens with one attached hydrogen (secondary N) is 1. The minimum absolute atomic E-state index is 0.0939. The summed E-state index contributed by atoms with van der Waals surface area (Å²) in [6.45, 7) is 6.97. The molecule has 9 heteroatoms. The fourth-order valence-corrected chi connectivity index (χ4v) is 5.18. The molecule has 1 aliphatic rings. The van der Waals surface area contributed by atoms with Crippen molar-refractivity contribution in [3.63, 3.8) is 0 Å². The van der Waals surface area contributed by atoms with Crippen LogP contribution in [0.25, 0.3) is 22.3 Å².